The van der Waals surface area contributed by atoms with E-state index in [4.69, 9.17) is 15.3 Å². The SMILES string of the molecule is COC1=C(Br)[C@H](O)[C@@]2(C=C1Br)CC(C(=O)NCCCc1ncc(N)[nH]1)=NO2. The van der Waals surface area contributed by atoms with Crippen LogP contribution in [0.15, 0.2) is 32.2 Å². The second kappa shape index (κ2) is 8.03. The highest BCUT2D eigenvalue weighted by Crippen LogP contribution is 2.43. The van der Waals surface area contributed by atoms with E-state index in [1.54, 1.807) is 12.3 Å². The van der Waals surface area contributed by atoms with Crippen LogP contribution >= 0.6 is 31.9 Å². The van der Waals surface area contributed by atoms with E-state index in [0.717, 1.165) is 5.82 Å². The predicted molar refractivity (Wildman–Crippen MR) is 106 cm³/mol. The largest absolute Gasteiger partial charge is 0.495 e. The lowest BCUT2D eigenvalue weighted by molar-refractivity contribution is -0.114. The molecule has 3 rings (SSSR count). The van der Waals surface area contributed by atoms with Gasteiger partial charge in [-0.3, -0.25) is 4.79 Å². The number of rotatable bonds is 6. The summed E-state index contributed by atoms with van der Waals surface area (Å²) in [6, 6.07) is 0. The van der Waals surface area contributed by atoms with Crippen LogP contribution in [0.4, 0.5) is 5.82 Å². The molecular formula is C16H19Br2N5O4. The molecule has 0 fully saturated rings. The second-order valence-electron chi connectivity index (χ2n) is 6.18. The highest BCUT2D eigenvalue weighted by atomic mass is 79.9. The molecule has 1 amide bonds. The molecule has 0 radical (unpaired) electrons. The first-order valence-electron chi connectivity index (χ1n) is 8.19. The Bertz CT molecular complexity index is 835. The van der Waals surface area contributed by atoms with Crippen molar-refractivity contribution >= 4 is 49.3 Å². The molecule has 9 nitrogen and oxygen atoms in total. The van der Waals surface area contributed by atoms with Gasteiger partial charge in [-0.2, -0.15) is 0 Å². The minimum Gasteiger partial charge on any atom is -0.495 e. The minimum absolute atomic E-state index is 0.135. The Labute approximate surface area is 172 Å². The smallest absolute Gasteiger partial charge is 0.269 e. The van der Waals surface area contributed by atoms with Gasteiger partial charge in [0, 0.05) is 19.4 Å². The van der Waals surface area contributed by atoms with Gasteiger partial charge in [-0.15, -0.1) is 0 Å². The number of imidazole rings is 1. The number of methoxy groups -OCH3 is 1. The van der Waals surface area contributed by atoms with Crippen molar-refractivity contribution in [1.82, 2.24) is 15.3 Å². The average molecular weight is 505 g/mol. The monoisotopic (exact) mass is 503 g/mol. The third-order valence-corrected chi connectivity index (χ3v) is 5.65. The molecule has 146 valence electrons. The number of aromatic amines is 1. The Kier molecular flexibility index (Phi) is 5.92. The van der Waals surface area contributed by atoms with E-state index in [0.29, 0.717) is 39.9 Å². The number of hydrogen-bond acceptors (Lipinski definition) is 7. The van der Waals surface area contributed by atoms with Crippen LogP contribution in [0.5, 0.6) is 0 Å². The van der Waals surface area contributed by atoms with Gasteiger partial charge in [-0.1, -0.05) is 5.16 Å². The quantitative estimate of drug-likeness (QED) is 0.433. The van der Waals surface area contributed by atoms with E-state index in [-0.39, 0.29) is 18.0 Å². The second-order valence-corrected chi connectivity index (χ2v) is 7.89. The Morgan fingerprint density at radius 1 is 1.59 bits per heavy atom. The van der Waals surface area contributed by atoms with Crippen LogP contribution < -0.4 is 11.1 Å². The molecule has 5 N–H and O–H groups in total. The van der Waals surface area contributed by atoms with E-state index < -0.39 is 11.7 Å². The highest BCUT2D eigenvalue weighted by Gasteiger charge is 2.50. The maximum atomic E-state index is 12.3. The number of carbonyl (C=O) groups is 1. The summed E-state index contributed by atoms with van der Waals surface area (Å²) >= 11 is 6.71. The van der Waals surface area contributed by atoms with Gasteiger partial charge in [0.2, 0.25) is 0 Å². The number of hydrogen-bond donors (Lipinski definition) is 4. The number of amides is 1. The summed E-state index contributed by atoms with van der Waals surface area (Å²) in [5.41, 5.74) is 4.63. The number of H-pyrrole nitrogens is 1. The predicted octanol–water partition coefficient (Wildman–Crippen LogP) is 1.46. The summed E-state index contributed by atoms with van der Waals surface area (Å²) in [7, 11) is 1.50. The molecule has 0 aromatic carbocycles. The summed E-state index contributed by atoms with van der Waals surface area (Å²) in [5.74, 6) is 1.42. The van der Waals surface area contributed by atoms with Gasteiger partial charge in [0.15, 0.2) is 5.60 Å². The van der Waals surface area contributed by atoms with E-state index >= 15 is 0 Å². The van der Waals surface area contributed by atoms with Crippen molar-refractivity contribution in [2.75, 3.05) is 19.4 Å². The number of aliphatic hydroxyl groups excluding tert-OH is 1. The first-order valence-corrected chi connectivity index (χ1v) is 9.78. The molecule has 11 heteroatoms. The molecule has 27 heavy (non-hydrogen) atoms. The Balaban J connectivity index is 1.54. The third kappa shape index (κ3) is 4.04. The van der Waals surface area contributed by atoms with Crippen molar-refractivity contribution in [2.24, 2.45) is 5.16 Å². The lowest BCUT2D eigenvalue weighted by Gasteiger charge is -2.33. The third-order valence-electron chi connectivity index (χ3n) is 4.27. The maximum Gasteiger partial charge on any atom is 0.269 e. The number of aryl methyl sites for hydroxylation is 1. The molecule has 1 aliphatic carbocycles. The van der Waals surface area contributed by atoms with E-state index in [2.05, 4.69) is 52.3 Å². The molecule has 2 atom stereocenters. The standard InChI is InChI=1S/C16H19Br2N5O4/c1-26-13-8(17)5-16(14(24)12(13)18)6-9(23-27-16)15(25)20-4-2-3-11-21-7-10(19)22-11/h5,7,14,24H,2-4,6,19H2,1H3,(H,20,25)(H,21,22)/t14-,16+/m0/s1. The zero-order chi connectivity index (χ0) is 19.6. The van der Waals surface area contributed by atoms with Crippen LogP contribution in [-0.4, -0.2) is 52.1 Å². The molecule has 0 saturated carbocycles. The van der Waals surface area contributed by atoms with Gasteiger partial charge in [0.1, 0.15) is 29.2 Å². The molecule has 1 spiro atoms. The van der Waals surface area contributed by atoms with Crippen LogP contribution in [-0.2, 0) is 20.8 Å². The van der Waals surface area contributed by atoms with Crippen LogP contribution in [0.2, 0.25) is 0 Å². The number of nitrogen functional groups attached to an aromatic ring is 1. The summed E-state index contributed by atoms with van der Waals surface area (Å²) in [5, 5.41) is 17.3. The molecule has 2 aliphatic rings. The number of nitrogens with zero attached hydrogens (tertiary/aromatic N) is 2. The van der Waals surface area contributed by atoms with Gasteiger partial charge in [0.25, 0.3) is 5.91 Å². The van der Waals surface area contributed by atoms with Crippen molar-refractivity contribution in [3.05, 3.63) is 32.8 Å². The number of ether oxygens (including phenoxy) is 1. The maximum absolute atomic E-state index is 12.3. The molecule has 1 aromatic heterocycles. The number of carbonyl (C=O) groups excluding carboxylic acids is 1. The first kappa shape index (κ1) is 19.9. The lowest BCUT2D eigenvalue weighted by Crippen LogP contribution is -2.45. The van der Waals surface area contributed by atoms with E-state index in [1.807, 2.05) is 0 Å². The zero-order valence-electron chi connectivity index (χ0n) is 14.5. The number of allylic oxidation sites excluding steroid dienone is 1. The summed E-state index contributed by atoms with van der Waals surface area (Å²) < 4.78 is 6.27. The summed E-state index contributed by atoms with van der Waals surface area (Å²) in [6.07, 6.45) is 3.66. The molecule has 1 aliphatic heterocycles. The number of anilines is 1. The summed E-state index contributed by atoms with van der Waals surface area (Å²) in [6.45, 7) is 0.449. The lowest BCUT2D eigenvalue weighted by atomic mass is 9.87. The molecular weight excluding hydrogens is 486 g/mol. The number of nitrogens with two attached hydrogens (primary N) is 1. The van der Waals surface area contributed by atoms with Crippen molar-refractivity contribution in [2.45, 2.75) is 31.0 Å². The fraction of sp³-hybridized carbons (Fsp3) is 0.438. The number of halogens is 2. The zero-order valence-corrected chi connectivity index (χ0v) is 17.6. The number of oxime groups is 1. The van der Waals surface area contributed by atoms with Gasteiger partial charge in [0.05, 0.1) is 22.3 Å². The van der Waals surface area contributed by atoms with Gasteiger partial charge >= 0.3 is 0 Å². The number of nitrogens with one attached hydrogen (secondary N) is 2. The molecule has 2 heterocycles. The van der Waals surface area contributed by atoms with Crippen LogP contribution in [0.3, 0.4) is 0 Å². The van der Waals surface area contributed by atoms with Crippen LogP contribution in [0, 0.1) is 0 Å². The molecule has 0 unspecified atom stereocenters. The van der Waals surface area contributed by atoms with Crippen LogP contribution in [0.25, 0.3) is 0 Å². The molecule has 0 saturated heterocycles. The first-order chi connectivity index (χ1) is 12.9. The highest BCUT2D eigenvalue weighted by molar-refractivity contribution is 9.12. The number of aliphatic hydroxyl groups is 1. The molecule has 0 bridgehead atoms. The van der Waals surface area contributed by atoms with Gasteiger partial charge < -0.3 is 30.7 Å². The van der Waals surface area contributed by atoms with Gasteiger partial charge in [-0.25, -0.2) is 4.98 Å². The van der Waals surface area contributed by atoms with E-state index in [9.17, 15) is 9.90 Å². The van der Waals surface area contributed by atoms with Crippen molar-refractivity contribution in [1.29, 1.82) is 0 Å². The van der Waals surface area contributed by atoms with Crippen molar-refractivity contribution in [3.63, 3.8) is 0 Å². The van der Waals surface area contributed by atoms with Crippen LogP contribution in [0.1, 0.15) is 18.7 Å². The van der Waals surface area contributed by atoms with Gasteiger partial charge in [-0.05, 0) is 44.4 Å². The fourth-order valence-corrected chi connectivity index (χ4v) is 4.68. The number of aromatic nitrogens is 2. The average Bonchev–Trinajstić information content (AvgIpc) is 3.24. The van der Waals surface area contributed by atoms with E-state index in [1.165, 1.54) is 7.11 Å². The Morgan fingerprint density at radius 2 is 2.37 bits per heavy atom. The normalized spacial score (nSPS) is 24.5. The molecule has 1 aromatic rings. The Morgan fingerprint density at radius 3 is 3.04 bits per heavy atom. The minimum atomic E-state index is -1.15. The Hall–Kier alpha value is -1.85. The fourth-order valence-electron chi connectivity index (χ4n) is 2.88. The van der Waals surface area contributed by atoms with Crippen molar-refractivity contribution in [3.8, 4) is 0 Å². The summed E-state index contributed by atoms with van der Waals surface area (Å²) in [4.78, 5) is 24.9. The van der Waals surface area contributed by atoms with Crippen molar-refractivity contribution < 1.29 is 19.5 Å². The topological polar surface area (TPSA) is 135 Å².